The maximum absolute atomic E-state index is 12.3. The number of nitrogens with one attached hydrogen (secondary N) is 1. The summed E-state index contributed by atoms with van der Waals surface area (Å²) in [7, 11) is 0. The first-order valence-corrected chi connectivity index (χ1v) is 7.29. The van der Waals surface area contributed by atoms with Crippen molar-refractivity contribution < 1.29 is 0 Å². The van der Waals surface area contributed by atoms with Gasteiger partial charge in [-0.1, -0.05) is 31.2 Å². The van der Waals surface area contributed by atoms with Gasteiger partial charge >= 0.3 is 5.69 Å². The Morgan fingerprint density at radius 2 is 2.00 bits per heavy atom. The molecule has 1 aliphatic rings. The molecule has 2 aromatic heterocycles. The number of hydrogen-bond acceptors (Lipinski definition) is 3. The van der Waals surface area contributed by atoms with Crippen LogP contribution in [-0.2, 0) is 19.3 Å². The third-order valence-electron chi connectivity index (χ3n) is 4.22. The molecule has 0 bridgehead atoms. The maximum atomic E-state index is 12.3. The average Bonchev–Trinajstić information content (AvgIpc) is 3.05. The minimum atomic E-state index is -0.0923. The minimum absolute atomic E-state index is 0.0923. The van der Waals surface area contributed by atoms with Crippen LogP contribution >= 0.6 is 0 Å². The summed E-state index contributed by atoms with van der Waals surface area (Å²) in [6.45, 7) is 2.02. The summed E-state index contributed by atoms with van der Waals surface area (Å²) >= 11 is 0. The van der Waals surface area contributed by atoms with Crippen molar-refractivity contribution in [2.24, 2.45) is 0 Å². The largest absolute Gasteiger partial charge is 0.327 e. The Bertz CT molecular complexity index is 852. The highest BCUT2D eigenvalue weighted by atomic mass is 16.1. The first-order chi connectivity index (χ1) is 10.3. The number of hydrogen-bond donors (Lipinski definition) is 1. The van der Waals surface area contributed by atoms with E-state index >= 15 is 0 Å². The second kappa shape index (κ2) is 4.55. The van der Waals surface area contributed by atoms with Crippen molar-refractivity contribution in [3.63, 3.8) is 0 Å². The zero-order valence-corrected chi connectivity index (χ0v) is 11.8. The number of aryl methyl sites for hydroxylation is 1. The predicted octanol–water partition coefficient (Wildman–Crippen LogP) is 2.02. The van der Waals surface area contributed by atoms with E-state index in [0.29, 0.717) is 5.52 Å². The van der Waals surface area contributed by atoms with Crippen LogP contribution in [0.3, 0.4) is 0 Å². The van der Waals surface area contributed by atoms with E-state index in [2.05, 4.69) is 39.2 Å². The Morgan fingerprint density at radius 1 is 1.29 bits per heavy atom. The molecule has 0 unspecified atom stereocenters. The Morgan fingerprint density at radius 3 is 2.67 bits per heavy atom. The molecule has 1 aromatic carbocycles. The molecule has 1 aliphatic carbocycles. The zero-order chi connectivity index (χ0) is 14.4. The maximum Gasteiger partial charge on any atom is 0.327 e. The molecule has 5 heteroatoms. The lowest BCUT2D eigenvalue weighted by molar-refractivity contribution is 0.524. The molecule has 0 aliphatic heterocycles. The number of aromatic amines is 1. The predicted molar refractivity (Wildman–Crippen MR) is 80.4 cm³/mol. The third kappa shape index (κ3) is 1.88. The van der Waals surface area contributed by atoms with Gasteiger partial charge in [-0.3, -0.25) is 4.57 Å². The number of imidazole rings is 1. The van der Waals surface area contributed by atoms with Crippen molar-refractivity contribution in [2.75, 3.05) is 0 Å². The van der Waals surface area contributed by atoms with Gasteiger partial charge in [0, 0.05) is 12.5 Å². The number of nitrogens with zero attached hydrogens (tertiary/aromatic N) is 3. The van der Waals surface area contributed by atoms with Gasteiger partial charge in [-0.25, -0.2) is 14.8 Å². The van der Waals surface area contributed by atoms with Gasteiger partial charge in [0.15, 0.2) is 5.65 Å². The topological polar surface area (TPSA) is 63.6 Å². The Labute approximate surface area is 121 Å². The van der Waals surface area contributed by atoms with Crippen LogP contribution in [0.2, 0.25) is 0 Å². The van der Waals surface area contributed by atoms with Crippen molar-refractivity contribution in [2.45, 2.75) is 32.2 Å². The SMILES string of the molecule is CCc1ncc2[nH]c(=O)n(C3Cc4ccccc4C3)c2n1. The van der Waals surface area contributed by atoms with Crippen LogP contribution in [0.1, 0.15) is 29.9 Å². The molecular formula is C16H16N4O. The molecule has 3 aromatic rings. The van der Waals surface area contributed by atoms with Crippen molar-refractivity contribution in [3.8, 4) is 0 Å². The molecule has 0 fully saturated rings. The monoisotopic (exact) mass is 280 g/mol. The highest BCUT2D eigenvalue weighted by Gasteiger charge is 2.26. The molecule has 0 saturated carbocycles. The van der Waals surface area contributed by atoms with Gasteiger partial charge in [-0.15, -0.1) is 0 Å². The second-order valence-corrected chi connectivity index (χ2v) is 5.51. The fourth-order valence-corrected chi connectivity index (χ4v) is 3.18. The summed E-state index contributed by atoms with van der Waals surface area (Å²) in [5, 5.41) is 0. The van der Waals surface area contributed by atoms with Crippen molar-refractivity contribution in [1.82, 2.24) is 19.5 Å². The number of aromatic nitrogens is 4. The molecule has 0 amide bonds. The van der Waals surface area contributed by atoms with Crippen LogP contribution in [0.5, 0.6) is 0 Å². The first kappa shape index (κ1) is 12.3. The quantitative estimate of drug-likeness (QED) is 0.781. The first-order valence-electron chi connectivity index (χ1n) is 7.29. The highest BCUT2D eigenvalue weighted by molar-refractivity contribution is 5.69. The lowest BCUT2D eigenvalue weighted by Crippen LogP contribution is -2.23. The van der Waals surface area contributed by atoms with Crippen LogP contribution in [0.25, 0.3) is 11.2 Å². The van der Waals surface area contributed by atoms with Gasteiger partial charge in [0.25, 0.3) is 0 Å². The Kier molecular flexibility index (Phi) is 2.67. The highest BCUT2D eigenvalue weighted by Crippen LogP contribution is 2.30. The molecule has 0 atom stereocenters. The fourth-order valence-electron chi connectivity index (χ4n) is 3.18. The molecule has 4 rings (SSSR count). The molecule has 106 valence electrons. The standard InChI is InChI=1S/C16H16N4O/c1-2-14-17-9-13-15(19-14)20(16(21)18-13)12-7-10-5-3-4-6-11(10)8-12/h3-6,9,12H,2,7-8H2,1H3,(H,18,21). The lowest BCUT2D eigenvalue weighted by atomic mass is 10.1. The molecule has 2 heterocycles. The smallest absolute Gasteiger partial charge is 0.303 e. The van der Waals surface area contributed by atoms with E-state index in [9.17, 15) is 4.79 Å². The Hall–Kier alpha value is -2.43. The summed E-state index contributed by atoms with van der Waals surface area (Å²) in [6, 6.07) is 8.53. The summed E-state index contributed by atoms with van der Waals surface area (Å²) in [5.74, 6) is 0.769. The van der Waals surface area contributed by atoms with Gasteiger partial charge in [-0.2, -0.15) is 0 Å². The molecule has 0 saturated heterocycles. The second-order valence-electron chi connectivity index (χ2n) is 5.51. The van der Waals surface area contributed by atoms with E-state index < -0.39 is 0 Å². The van der Waals surface area contributed by atoms with E-state index in [1.807, 2.05) is 6.92 Å². The molecule has 0 spiro atoms. The van der Waals surface area contributed by atoms with E-state index in [1.165, 1.54) is 11.1 Å². The molecule has 1 N–H and O–H groups in total. The van der Waals surface area contributed by atoms with Gasteiger partial charge < -0.3 is 4.98 Å². The number of H-pyrrole nitrogens is 1. The zero-order valence-electron chi connectivity index (χ0n) is 11.8. The number of fused-ring (bicyclic) bond motifs is 2. The van der Waals surface area contributed by atoms with Crippen LogP contribution in [0.15, 0.2) is 35.3 Å². The van der Waals surface area contributed by atoms with Crippen LogP contribution in [0.4, 0.5) is 0 Å². The van der Waals surface area contributed by atoms with Gasteiger partial charge in [-0.05, 0) is 24.0 Å². The van der Waals surface area contributed by atoms with Gasteiger partial charge in [0.05, 0.1) is 6.20 Å². The Balaban J connectivity index is 1.84. The van der Waals surface area contributed by atoms with Crippen molar-refractivity contribution in [3.05, 3.63) is 57.9 Å². The molecule has 5 nitrogen and oxygen atoms in total. The number of benzene rings is 1. The molecule has 21 heavy (non-hydrogen) atoms. The summed E-state index contributed by atoms with van der Waals surface area (Å²) in [5.41, 5.74) is 4.00. The van der Waals surface area contributed by atoms with Gasteiger partial charge in [0.1, 0.15) is 11.3 Å². The third-order valence-corrected chi connectivity index (χ3v) is 4.22. The van der Waals surface area contributed by atoms with Crippen LogP contribution < -0.4 is 5.69 Å². The molecule has 0 radical (unpaired) electrons. The van der Waals surface area contributed by atoms with E-state index in [1.54, 1.807) is 10.8 Å². The minimum Gasteiger partial charge on any atom is -0.303 e. The fraction of sp³-hybridized carbons (Fsp3) is 0.312. The summed E-state index contributed by atoms with van der Waals surface area (Å²) in [6.07, 6.45) is 4.24. The van der Waals surface area contributed by atoms with E-state index in [4.69, 9.17) is 0 Å². The van der Waals surface area contributed by atoms with E-state index in [0.717, 1.165) is 30.7 Å². The number of rotatable bonds is 2. The normalized spacial score (nSPS) is 14.7. The van der Waals surface area contributed by atoms with Gasteiger partial charge in [0.2, 0.25) is 0 Å². The van der Waals surface area contributed by atoms with Crippen molar-refractivity contribution in [1.29, 1.82) is 0 Å². The summed E-state index contributed by atoms with van der Waals surface area (Å²) < 4.78 is 1.80. The molecular weight excluding hydrogens is 264 g/mol. The van der Waals surface area contributed by atoms with Crippen LogP contribution in [-0.4, -0.2) is 19.5 Å². The van der Waals surface area contributed by atoms with Crippen molar-refractivity contribution >= 4 is 11.2 Å². The summed E-state index contributed by atoms with van der Waals surface area (Å²) in [4.78, 5) is 24.0. The van der Waals surface area contributed by atoms with Crippen LogP contribution in [0, 0.1) is 0 Å². The average molecular weight is 280 g/mol. The van der Waals surface area contributed by atoms with E-state index in [-0.39, 0.29) is 11.7 Å². The lowest BCUT2D eigenvalue weighted by Gasteiger charge is -2.10.